The van der Waals surface area contributed by atoms with Crippen LogP contribution < -0.4 is 5.73 Å². The van der Waals surface area contributed by atoms with Crippen molar-refractivity contribution in [3.63, 3.8) is 0 Å². The molecule has 1 aliphatic heterocycles. The Bertz CT molecular complexity index is 266. The summed E-state index contributed by atoms with van der Waals surface area (Å²) < 4.78 is 0. The second-order valence-electron chi connectivity index (χ2n) is 6.17. The third kappa shape index (κ3) is 2.89. The Morgan fingerprint density at radius 2 is 2.12 bits per heavy atom. The van der Waals surface area contributed by atoms with E-state index < -0.39 is 0 Å². The summed E-state index contributed by atoms with van der Waals surface area (Å²) in [6.07, 6.45) is 6.64. The van der Waals surface area contributed by atoms with Gasteiger partial charge in [-0.05, 0) is 37.0 Å². The molecule has 0 spiro atoms. The highest BCUT2D eigenvalue weighted by atomic mass is 15.3. The minimum atomic E-state index is 0.518. The van der Waals surface area contributed by atoms with Crippen LogP contribution in [-0.2, 0) is 0 Å². The molecule has 1 heterocycles. The zero-order chi connectivity index (χ0) is 11.6. The van der Waals surface area contributed by atoms with Gasteiger partial charge in [-0.25, -0.2) is 0 Å². The normalized spacial score (nSPS) is 30.0. The van der Waals surface area contributed by atoms with Gasteiger partial charge < -0.3 is 10.6 Å². The Balaban J connectivity index is 1.80. The van der Waals surface area contributed by atoms with E-state index in [9.17, 15) is 0 Å². The van der Waals surface area contributed by atoms with E-state index in [-0.39, 0.29) is 0 Å². The maximum atomic E-state index is 5.94. The molecule has 2 N–H and O–H groups in total. The predicted molar refractivity (Wildman–Crippen MR) is 68.4 cm³/mol. The van der Waals surface area contributed by atoms with Gasteiger partial charge in [0.15, 0.2) is 5.96 Å². The summed E-state index contributed by atoms with van der Waals surface area (Å²) in [6, 6.07) is 0. The lowest BCUT2D eigenvalue weighted by Gasteiger charge is -2.35. The van der Waals surface area contributed by atoms with Gasteiger partial charge in [0.05, 0.1) is 0 Å². The quantitative estimate of drug-likeness (QED) is 0.576. The van der Waals surface area contributed by atoms with E-state index in [4.69, 9.17) is 5.73 Å². The molecule has 3 heteroatoms. The smallest absolute Gasteiger partial charge is 0.191 e. The number of hydrogen-bond acceptors (Lipinski definition) is 1. The molecule has 1 saturated carbocycles. The van der Waals surface area contributed by atoms with Crippen LogP contribution in [0.1, 0.15) is 46.0 Å². The molecular weight excluding hydrogens is 198 g/mol. The van der Waals surface area contributed by atoms with E-state index in [1.54, 1.807) is 0 Å². The number of hydrogen-bond donors (Lipinski definition) is 1. The molecular formula is C13H25N3. The summed E-state index contributed by atoms with van der Waals surface area (Å²) in [5.74, 6) is 1.53. The second kappa shape index (κ2) is 4.64. The first kappa shape index (κ1) is 11.7. The lowest BCUT2D eigenvalue weighted by Crippen LogP contribution is -2.46. The van der Waals surface area contributed by atoms with Crippen molar-refractivity contribution in [1.82, 2.24) is 4.90 Å². The van der Waals surface area contributed by atoms with Crippen LogP contribution in [-0.4, -0.2) is 30.5 Å². The summed E-state index contributed by atoms with van der Waals surface area (Å²) in [4.78, 5) is 6.73. The Morgan fingerprint density at radius 3 is 2.69 bits per heavy atom. The third-order valence-electron chi connectivity index (χ3n) is 4.00. The van der Waals surface area contributed by atoms with E-state index in [1.165, 1.54) is 32.1 Å². The first-order valence-corrected chi connectivity index (χ1v) is 6.62. The van der Waals surface area contributed by atoms with Crippen molar-refractivity contribution in [1.29, 1.82) is 0 Å². The van der Waals surface area contributed by atoms with Crippen molar-refractivity contribution < 1.29 is 0 Å². The third-order valence-corrected chi connectivity index (χ3v) is 4.00. The minimum Gasteiger partial charge on any atom is -0.370 e. The van der Waals surface area contributed by atoms with Crippen LogP contribution in [0.25, 0.3) is 0 Å². The summed E-state index contributed by atoms with van der Waals surface area (Å²) in [5.41, 5.74) is 6.46. The van der Waals surface area contributed by atoms with Gasteiger partial charge in [-0.1, -0.05) is 20.3 Å². The average Bonchev–Trinajstić information content (AvgIpc) is 2.10. The molecule has 16 heavy (non-hydrogen) atoms. The highest BCUT2D eigenvalue weighted by Gasteiger charge is 2.27. The summed E-state index contributed by atoms with van der Waals surface area (Å²) in [7, 11) is 0. The van der Waals surface area contributed by atoms with E-state index in [0.717, 1.165) is 31.5 Å². The number of likely N-dealkylation sites (tertiary alicyclic amines) is 1. The fourth-order valence-corrected chi connectivity index (χ4v) is 2.88. The number of aliphatic imine (C=N–C) groups is 1. The Morgan fingerprint density at radius 1 is 1.38 bits per heavy atom. The number of nitrogens with two attached hydrogens (primary N) is 1. The van der Waals surface area contributed by atoms with Gasteiger partial charge in [-0.15, -0.1) is 0 Å². The second-order valence-corrected chi connectivity index (χ2v) is 6.17. The summed E-state index contributed by atoms with van der Waals surface area (Å²) in [5, 5.41) is 0. The van der Waals surface area contributed by atoms with Crippen molar-refractivity contribution in [3.8, 4) is 0 Å². The molecule has 2 rings (SSSR count). The highest BCUT2D eigenvalue weighted by molar-refractivity contribution is 5.78. The molecule has 1 atom stereocenters. The van der Waals surface area contributed by atoms with Crippen LogP contribution in [0.4, 0.5) is 0 Å². The number of guanidine groups is 1. The maximum Gasteiger partial charge on any atom is 0.191 e. The van der Waals surface area contributed by atoms with E-state index in [1.807, 2.05) is 0 Å². The zero-order valence-corrected chi connectivity index (χ0v) is 10.7. The van der Waals surface area contributed by atoms with Gasteiger partial charge in [0.25, 0.3) is 0 Å². The van der Waals surface area contributed by atoms with Crippen LogP contribution >= 0.6 is 0 Å². The fraction of sp³-hybridized carbons (Fsp3) is 0.923. The van der Waals surface area contributed by atoms with Crippen LogP contribution in [0.2, 0.25) is 0 Å². The number of rotatable bonds is 2. The molecule has 1 aliphatic carbocycles. The molecule has 1 unspecified atom stereocenters. The van der Waals surface area contributed by atoms with Crippen molar-refractivity contribution in [2.24, 2.45) is 22.1 Å². The largest absolute Gasteiger partial charge is 0.370 e. The molecule has 0 aromatic heterocycles. The topological polar surface area (TPSA) is 41.6 Å². The molecule has 3 nitrogen and oxygen atoms in total. The van der Waals surface area contributed by atoms with E-state index in [0.29, 0.717) is 5.41 Å². The Hall–Kier alpha value is -0.730. The van der Waals surface area contributed by atoms with Gasteiger partial charge in [0.1, 0.15) is 0 Å². The molecule has 0 aromatic carbocycles. The average molecular weight is 223 g/mol. The monoisotopic (exact) mass is 223 g/mol. The molecule has 0 aromatic rings. The summed E-state index contributed by atoms with van der Waals surface area (Å²) in [6.45, 7) is 7.89. The van der Waals surface area contributed by atoms with Crippen LogP contribution in [0.3, 0.4) is 0 Å². The molecule has 92 valence electrons. The van der Waals surface area contributed by atoms with Crippen LogP contribution in [0.5, 0.6) is 0 Å². The molecule has 0 amide bonds. The van der Waals surface area contributed by atoms with Gasteiger partial charge in [-0.2, -0.15) is 0 Å². The van der Waals surface area contributed by atoms with E-state index in [2.05, 4.69) is 23.7 Å². The lowest BCUT2D eigenvalue weighted by atomic mass is 9.72. The van der Waals surface area contributed by atoms with Gasteiger partial charge in [0, 0.05) is 19.6 Å². The highest BCUT2D eigenvalue weighted by Crippen LogP contribution is 2.38. The molecule has 0 radical (unpaired) electrons. The Labute approximate surface area is 99.1 Å². The van der Waals surface area contributed by atoms with Crippen molar-refractivity contribution in [2.75, 3.05) is 19.6 Å². The minimum absolute atomic E-state index is 0.518. The molecule has 1 saturated heterocycles. The summed E-state index contributed by atoms with van der Waals surface area (Å²) >= 11 is 0. The van der Waals surface area contributed by atoms with Crippen molar-refractivity contribution >= 4 is 5.96 Å². The zero-order valence-electron chi connectivity index (χ0n) is 10.7. The molecule has 0 bridgehead atoms. The first-order valence-electron chi connectivity index (χ1n) is 6.62. The standard InChI is InChI=1S/C13H25N3/c1-13(2)6-3-5-11(9-13)10-15-12(14)16-7-4-8-16/h11H,3-10H2,1-2H3,(H2,14,15). The van der Waals surface area contributed by atoms with Crippen molar-refractivity contribution in [2.45, 2.75) is 46.0 Å². The van der Waals surface area contributed by atoms with E-state index >= 15 is 0 Å². The predicted octanol–water partition coefficient (Wildman–Crippen LogP) is 2.22. The van der Waals surface area contributed by atoms with Gasteiger partial charge in [0.2, 0.25) is 0 Å². The fourth-order valence-electron chi connectivity index (χ4n) is 2.88. The van der Waals surface area contributed by atoms with Gasteiger partial charge in [-0.3, -0.25) is 4.99 Å². The first-order chi connectivity index (χ1) is 7.57. The van der Waals surface area contributed by atoms with Crippen LogP contribution in [0, 0.1) is 11.3 Å². The molecule has 2 aliphatic rings. The Kier molecular flexibility index (Phi) is 3.41. The number of nitrogens with zero attached hydrogens (tertiary/aromatic N) is 2. The van der Waals surface area contributed by atoms with Crippen molar-refractivity contribution in [3.05, 3.63) is 0 Å². The molecule has 2 fully saturated rings. The van der Waals surface area contributed by atoms with Crippen LogP contribution in [0.15, 0.2) is 4.99 Å². The lowest BCUT2D eigenvalue weighted by molar-refractivity contribution is 0.184. The maximum absolute atomic E-state index is 5.94. The SMILES string of the molecule is CC1(C)CCCC(CN=C(N)N2CCC2)C1. The van der Waals surface area contributed by atoms with Gasteiger partial charge >= 0.3 is 0 Å².